The van der Waals surface area contributed by atoms with Crippen molar-refractivity contribution in [3.05, 3.63) is 261 Å². The van der Waals surface area contributed by atoms with Gasteiger partial charge in [-0.05, 0) is 188 Å². The zero-order valence-electron chi connectivity index (χ0n) is 61.2. The number of ether oxygens (including phenoxy) is 3. The molecule has 0 N–H and O–H groups in total. The van der Waals surface area contributed by atoms with E-state index < -0.39 is 0 Å². The van der Waals surface area contributed by atoms with Crippen LogP contribution in [0.2, 0.25) is 30.1 Å². The summed E-state index contributed by atoms with van der Waals surface area (Å²) in [5.74, 6) is 5.09. The van der Waals surface area contributed by atoms with Crippen molar-refractivity contribution < 1.29 is 18.6 Å². The van der Waals surface area contributed by atoms with Crippen LogP contribution in [0.5, 0.6) is 17.2 Å². The second-order valence-corrected chi connectivity index (χ2v) is 29.9. The largest absolute Gasteiger partial charge is 0.494 e. The van der Waals surface area contributed by atoms with E-state index in [1.165, 1.54) is 96.3 Å². The van der Waals surface area contributed by atoms with Gasteiger partial charge in [0.1, 0.15) is 27.3 Å². The molecule has 0 unspecified atom stereocenters. The summed E-state index contributed by atoms with van der Waals surface area (Å²) in [6.07, 6.45) is 22.6. The monoisotopic (exact) mass is 1570 g/mol. The first-order chi connectivity index (χ1) is 52.9. The predicted octanol–water partition coefficient (Wildman–Crippen LogP) is 29.0. The van der Waals surface area contributed by atoms with Crippen LogP contribution in [-0.4, -0.2) is 55.0 Å². The second kappa shape index (κ2) is 42.2. The molecule has 0 fully saturated rings. The first-order valence-electron chi connectivity index (χ1n) is 37.5. The standard InChI is InChI=1S/C34H33Cl2N3O.C28H28Cl2N2O2.C28H28Cl2N2OS/c1-2-3-4-5-6-10-23-40-30-20-17-27(18-21-30)34-38-37-33(39(34)29-11-8-7-9-12-29)26-15-13-25(14-16-26)31-24-28(35)19-22-32(31)36;2*1-2-3-4-5-6-7-18-33-24-15-12-22(13-16-24)28-32-31-27(34-28)21-10-8-20(9-11-21)25-19-23(29)14-17-26(25)30/h7-9,11-22,24H,2-6,10,23H2,1H3;2*8-17,19H,2-7,18H2,1H3. The quantitative estimate of drug-likeness (QED) is 0.0360. The van der Waals surface area contributed by atoms with Gasteiger partial charge in [-0.15, -0.1) is 30.6 Å². The smallest absolute Gasteiger partial charge is 0.248 e. The molecular formula is C90H89Cl6N7O4S. The van der Waals surface area contributed by atoms with Gasteiger partial charge in [0.2, 0.25) is 11.8 Å². The van der Waals surface area contributed by atoms with Crippen molar-refractivity contribution in [2.45, 2.75) is 136 Å². The SMILES string of the molecule is CCCCCCCCOc1ccc(-c2nnc(-c3ccc(-c4cc(Cl)ccc4Cl)cc3)n2-c2ccccc2)cc1.CCCCCCCCOc1ccc(-c2nnc(-c3ccc(-c4cc(Cl)ccc4Cl)cc3)o2)cc1.CCCCCCCCOc1ccc(-c2nnc(-c3ccc(-c4cc(Cl)ccc4Cl)cc3)s2)cc1. The van der Waals surface area contributed by atoms with Gasteiger partial charge in [0.05, 0.1) is 19.8 Å². The molecule has 0 saturated heterocycles. The highest BCUT2D eigenvalue weighted by Crippen LogP contribution is 2.39. The van der Waals surface area contributed by atoms with Crippen LogP contribution < -0.4 is 14.2 Å². The van der Waals surface area contributed by atoms with E-state index in [4.69, 9.17) is 88.2 Å². The zero-order valence-corrected chi connectivity index (χ0v) is 66.6. The number of halogens is 6. The molecule has 0 aliphatic carbocycles. The molecule has 0 atom stereocenters. The zero-order chi connectivity index (χ0) is 75.2. The average molecular weight is 1580 g/mol. The topological polar surface area (TPSA) is 123 Å². The van der Waals surface area contributed by atoms with E-state index in [1.807, 2.05) is 194 Å². The minimum Gasteiger partial charge on any atom is -0.494 e. The molecule has 556 valence electrons. The summed E-state index contributed by atoms with van der Waals surface area (Å²) in [4.78, 5) is 0. The Balaban J connectivity index is 0.000000162. The molecule has 0 bridgehead atoms. The van der Waals surface area contributed by atoms with Crippen LogP contribution in [0.4, 0.5) is 0 Å². The number of hydrogen-bond donors (Lipinski definition) is 0. The van der Waals surface area contributed by atoms with E-state index in [0.29, 0.717) is 41.9 Å². The summed E-state index contributed by atoms with van der Waals surface area (Å²) < 4.78 is 25.8. The van der Waals surface area contributed by atoms with E-state index in [9.17, 15) is 0 Å². The molecule has 0 spiro atoms. The second-order valence-electron chi connectivity index (χ2n) is 26.4. The number of rotatable bonds is 34. The molecule has 0 amide bonds. The Morgan fingerprint density at radius 1 is 0.296 bits per heavy atom. The fourth-order valence-electron chi connectivity index (χ4n) is 12.2. The first-order valence-corrected chi connectivity index (χ1v) is 40.5. The molecule has 3 aromatic heterocycles. The molecule has 18 heteroatoms. The van der Waals surface area contributed by atoms with Gasteiger partial charge in [0.15, 0.2) is 11.6 Å². The van der Waals surface area contributed by atoms with Crippen molar-refractivity contribution in [3.63, 3.8) is 0 Å². The van der Waals surface area contributed by atoms with Crippen LogP contribution in [0, 0.1) is 0 Å². The third kappa shape index (κ3) is 23.4. The molecule has 11 nitrogen and oxygen atoms in total. The summed E-state index contributed by atoms with van der Waals surface area (Å²) >= 11 is 39.1. The maximum Gasteiger partial charge on any atom is 0.248 e. The van der Waals surface area contributed by atoms with E-state index in [2.05, 4.69) is 68.1 Å². The van der Waals surface area contributed by atoms with Crippen molar-refractivity contribution in [1.82, 2.24) is 35.2 Å². The Bertz CT molecular complexity index is 4670. The van der Waals surface area contributed by atoms with Gasteiger partial charge in [0.25, 0.3) is 0 Å². The van der Waals surface area contributed by atoms with Gasteiger partial charge < -0.3 is 18.6 Å². The maximum absolute atomic E-state index is 6.44. The highest BCUT2D eigenvalue weighted by Gasteiger charge is 2.20. The molecule has 108 heavy (non-hydrogen) atoms. The molecule has 3 heterocycles. The van der Waals surface area contributed by atoms with Crippen LogP contribution in [0.15, 0.2) is 235 Å². The minimum absolute atomic E-state index is 0.460. The van der Waals surface area contributed by atoms with Crippen LogP contribution in [0.3, 0.4) is 0 Å². The maximum atomic E-state index is 6.44. The van der Waals surface area contributed by atoms with E-state index in [1.54, 1.807) is 35.6 Å². The Morgan fingerprint density at radius 3 is 0.954 bits per heavy atom. The number of aromatic nitrogens is 7. The molecule has 0 saturated carbocycles. The normalized spacial score (nSPS) is 11.0. The van der Waals surface area contributed by atoms with Crippen LogP contribution >= 0.6 is 80.9 Å². The molecule has 13 rings (SSSR count). The molecule has 10 aromatic carbocycles. The minimum atomic E-state index is 0.460. The Morgan fingerprint density at radius 2 is 0.593 bits per heavy atom. The van der Waals surface area contributed by atoms with Crippen molar-refractivity contribution in [2.75, 3.05) is 19.8 Å². The van der Waals surface area contributed by atoms with Gasteiger partial charge in [0, 0.05) is 85.9 Å². The van der Waals surface area contributed by atoms with Crippen molar-refractivity contribution in [2.24, 2.45) is 0 Å². The number of hydrogen-bond acceptors (Lipinski definition) is 11. The van der Waals surface area contributed by atoms with Gasteiger partial charge in [-0.2, -0.15) is 0 Å². The van der Waals surface area contributed by atoms with Crippen LogP contribution in [0.1, 0.15) is 136 Å². The predicted molar refractivity (Wildman–Crippen MR) is 451 cm³/mol. The summed E-state index contributed by atoms with van der Waals surface area (Å²) in [6, 6.07) is 74.7. The number of unbranched alkanes of at least 4 members (excludes halogenated alkanes) is 15. The van der Waals surface area contributed by atoms with Crippen LogP contribution in [-0.2, 0) is 0 Å². The lowest BCUT2D eigenvalue weighted by molar-refractivity contribution is 0.304. The highest BCUT2D eigenvalue weighted by molar-refractivity contribution is 7.17. The van der Waals surface area contributed by atoms with Crippen molar-refractivity contribution in [3.8, 4) is 123 Å². The number of para-hydroxylation sites is 1. The van der Waals surface area contributed by atoms with Crippen molar-refractivity contribution in [1.29, 1.82) is 0 Å². The summed E-state index contributed by atoms with van der Waals surface area (Å²) in [5, 5.41) is 32.2. The molecular weight excluding hydrogens is 1490 g/mol. The fourth-order valence-corrected chi connectivity index (χ4v) is 14.3. The summed E-state index contributed by atoms with van der Waals surface area (Å²) in [5.41, 5.74) is 12.3. The number of benzene rings is 10. The summed E-state index contributed by atoms with van der Waals surface area (Å²) in [6.45, 7) is 8.97. The lowest BCUT2D eigenvalue weighted by Crippen LogP contribution is -2.01. The third-order valence-corrected chi connectivity index (χ3v) is 21.0. The Hall–Kier alpha value is -8.82. The lowest BCUT2D eigenvalue weighted by Gasteiger charge is -2.12. The highest BCUT2D eigenvalue weighted by atomic mass is 35.5. The first kappa shape index (κ1) is 80.2. The molecule has 0 aliphatic heterocycles. The van der Waals surface area contributed by atoms with Crippen molar-refractivity contribution >= 4 is 80.9 Å². The van der Waals surface area contributed by atoms with Gasteiger partial charge in [-0.1, -0.05) is 277 Å². The van der Waals surface area contributed by atoms with E-state index in [-0.39, 0.29) is 0 Å². The summed E-state index contributed by atoms with van der Waals surface area (Å²) in [7, 11) is 0. The average Bonchev–Trinajstić information content (AvgIpc) is 1.62. The van der Waals surface area contributed by atoms with E-state index in [0.717, 1.165) is 150 Å². The van der Waals surface area contributed by atoms with E-state index >= 15 is 0 Å². The lowest BCUT2D eigenvalue weighted by atomic mass is 10.0. The van der Waals surface area contributed by atoms with Gasteiger partial charge >= 0.3 is 0 Å². The number of nitrogens with zero attached hydrogens (tertiary/aromatic N) is 7. The third-order valence-electron chi connectivity index (χ3n) is 18.3. The Labute approximate surface area is 669 Å². The van der Waals surface area contributed by atoms with Crippen LogP contribution in [0.25, 0.3) is 106 Å². The molecule has 0 radical (unpaired) electrons. The molecule has 13 aromatic rings. The van der Waals surface area contributed by atoms with Gasteiger partial charge in [-0.25, -0.2) is 0 Å². The molecule has 0 aliphatic rings. The van der Waals surface area contributed by atoms with Gasteiger partial charge in [-0.3, -0.25) is 4.57 Å². The Kier molecular flexibility index (Phi) is 31.4. The fraction of sp³-hybridized carbons (Fsp3) is 0.267.